The van der Waals surface area contributed by atoms with E-state index in [1.807, 2.05) is 17.5 Å². The maximum absolute atomic E-state index is 11.7. The quantitative estimate of drug-likeness (QED) is 0.760. The van der Waals surface area contributed by atoms with E-state index in [1.54, 1.807) is 18.3 Å². The van der Waals surface area contributed by atoms with Crippen molar-refractivity contribution in [1.82, 2.24) is 10.6 Å². The van der Waals surface area contributed by atoms with E-state index in [0.717, 1.165) is 11.4 Å². The zero-order valence-corrected chi connectivity index (χ0v) is 12.0. The molecule has 0 unspecified atom stereocenters. The van der Waals surface area contributed by atoms with E-state index in [9.17, 15) is 9.90 Å². The Labute approximate surface area is 117 Å². The largest absolute Gasteiger partial charge is 0.388 e. The SMILES string of the molecule is COCC(=O)N[C@H]1[C@H](c2cccs2)NCC[C@@]1(C)O. The summed E-state index contributed by atoms with van der Waals surface area (Å²) < 4.78 is 4.83. The third kappa shape index (κ3) is 3.33. The van der Waals surface area contributed by atoms with E-state index in [4.69, 9.17) is 4.74 Å². The van der Waals surface area contributed by atoms with Gasteiger partial charge < -0.3 is 20.5 Å². The second-order valence-corrected chi connectivity index (χ2v) is 6.01. The molecule has 2 heterocycles. The van der Waals surface area contributed by atoms with Crippen LogP contribution in [0.3, 0.4) is 0 Å². The molecule has 19 heavy (non-hydrogen) atoms. The molecule has 1 fully saturated rings. The molecule has 1 aliphatic rings. The number of amides is 1. The number of hydrogen-bond donors (Lipinski definition) is 3. The van der Waals surface area contributed by atoms with Crippen LogP contribution in [0.1, 0.15) is 24.3 Å². The number of carbonyl (C=O) groups excluding carboxylic acids is 1. The number of rotatable bonds is 4. The average Bonchev–Trinajstić information content (AvgIpc) is 2.85. The van der Waals surface area contributed by atoms with Gasteiger partial charge in [0.1, 0.15) is 6.61 Å². The van der Waals surface area contributed by atoms with Gasteiger partial charge in [-0.3, -0.25) is 4.79 Å². The number of nitrogens with one attached hydrogen (secondary N) is 2. The van der Waals surface area contributed by atoms with Crippen LogP contribution in [0.5, 0.6) is 0 Å². The Morgan fingerprint density at radius 2 is 2.53 bits per heavy atom. The van der Waals surface area contributed by atoms with E-state index >= 15 is 0 Å². The topological polar surface area (TPSA) is 70.6 Å². The fourth-order valence-corrected chi connectivity index (χ4v) is 3.27. The number of aliphatic hydroxyl groups is 1. The lowest BCUT2D eigenvalue weighted by molar-refractivity contribution is -0.129. The molecule has 106 valence electrons. The summed E-state index contributed by atoms with van der Waals surface area (Å²) in [5.41, 5.74) is -0.927. The van der Waals surface area contributed by atoms with E-state index in [2.05, 4.69) is 10.6 Å². The van der Waals surface area contributed by atoms with Crippen LogP contribution in [0.25, 0.3) is 0 Å². The lowest BCUT2D eigenvalue weighted by Gasteiger charge is -2.43. The van der Waals surface area contributed by atoms with Crippen molar-refractivity contribution < 1.29 is 14.6 Å². The predicted molar refractivity (Wildman–Crippen MR) is 74.1 cm³/mol. The molecule has 0 aromatic carbocycles. The van der Waals surface area contributed by atoms with Gasteiger partial charge in [-0.15, -0.1) is 11.3 Å². The Morgan fingerprint density at radius 1 is 1.74 bits per heavy atom. The summed E-state index contributed by atoms with van der Waals surface area (Å²) in [6.07, 6.45) is 0.604. The Balaban J connectivity index is 2.17. The first kappa shape index (κ1) is 14.5. The van der Waals surface area contributed by atoms with Crippen molar-refractivity contribution >= 4 is 17.2 Å². The van der Waals surface area contributed by atoms with Crippen molar-refractivity contribution in [1.29, 1.82) is 0 Å². The molecule has 1 amide bonds. The van der Waals surface area contributed by atoms with Crippen LogP contribution < -0.4 is 10.6 Å². The van der Waals surface area contributed by atoms with Crippen LogP contribution in [-0.4, -0.2) is 42.9 Å². The van der Waals surface area contributed by atoms with Crippen LogP contribution in [0.4, 0.5) is 0 Å². The number of hydrogen-bond acceptors (Lipinski definition) is 5. The van der Waals surface area contributed by atoms with Gasteiger partial charge in [-0.05, 0) is 31.3 Å². The molecule has 5 nitrogen and oxygen atoms in total. The summed E-state index contributed by atoms with van der Waals surface area (Å²) in [4.78, 5) is 12.9. The molecular weight excluding hydrogens is 264 g/mol. The summed E-state index contributed by atoms with van der Waals surface area (Å²) >= 11 is 1.62. The maximum Gasteiger partial charge on any atom is 0.246 e. The lowest BCUT2D eigenvalue weighted by atomic mass is 9.83. The van der Waals surface area contributed by atoms with Gasteiger partial charge >= 0.3 is 0 Å². The molecule has 3 atom stereocenters. The normalized spacial score (nSPS) is 31.1. The van der Waals surface area contributed by atoms with Crippen molar-refractivity contribution in [2.75, 3.05) is 20.3 Å². The first-order valence-electron chi connectivity index (χ1n) is 6.32. The molecule has 0 saturated carbocycles. The third-order valence-corrected chi connectivity index (χ3v) is 4.40. The van der Waals surface area contributed by atoms with Gasteiger partial charge in [-0.25, -0.2) is 0 Å². The van der Waals surface area contributed by atoms with Crippen LogP contribution in [-0.2, 0) is 9.53 Å². The monoisotopic (exact) mass is 284 g/mol. The molecule has 0 spiro atoms. The fraction of sp³-hybridized carbons (Fsp3) is 0.615. The fourth-order valence-electron chi connectivity index (χ4n) is 2.43. The Kier molecular flexibility index (Phi) is 4.57. The van der Waals surface area contributed by atoms with E-state index in [0.29, 0.717) is 6.42 Å². The molecule has 0 bridgehead atoms. The Hall–Kier alpha value is -0.950. The number of ether oxygens (including phenoxy) is 1. The number of carbonyl (C=O) groups is 1. The second kappa shape index (κ2) is 6.00. The van der Waals surface area contributed by atoms with Crippen molar-refractivity contribution in [3.8, 4) is 0 Å². The van der Waals surface area contributed by atoms with Gasteiger partial charge in [0.25, 0.3) is 0 Å². The Bertz CT molecular complexity index is 420. The van der Waals surface area contributed by atoms with Gasteiger partial charge in [-0.1, -0.05) is 6.07 Å². The van der Waals surface area contributed by atoms with Crippen LogP contribution in [0.15, 0.2) is 17.5 Å². The van der Waals surface area contributed by atoms with E-state index in [1.165, 1.54) is 7.11 Å². The van der Waals surface area contributed by atoms with Gasteiger partial charge in [0, 0.05) is 12.0 Å². The van der Waals surface area contributed by atoms with Crippen molar-refractivity contribution in [3.05, 3.63) is 22.4 Å². The first-order valence-corrected chi connectivity index (χ1v) is 7.20. The van der Waals surface area contributed by atoms with Crippen molar-refractivity contribution in [2.24, 2.45) is 0 Å². The molecule has 1 saturated heterocycles. The summed E-state index contributed by atoms with van der Waals surface area (Å²) in [7, 11) is 1.48. The molecule has 6 heteroatoms. The molecule has 0 radical (unpaired) electrons. The number of methoxy groups -OCH3 is 1. The minimum atomic E-state index is -0.927. The maximum atomic E-state index is 11.7. The van der Waals surface area contributed by atoms with E-state index in [-0.39, 0.29) is 24.6 Å². The van der Waals surface area contributed by atoms with Crippen molar-refractivity contribution in [2.45, 2.75) is 31.0 Å². The summed E-state index contributed by atoms with van der Waals surface area (Å²) in [5.74, 6) is -0.210. The standard InChI is InChI=1S/C13H20N2O3S/c1-13(17)5-6-14-11(9-4-3-7-19-9)12(13)15-10(16)8-18-2/h3-4,7,11-12,14,17H,5-6,8H2,1-2H3,(H,15,16)/t11-,12-,13+/m0/s1. The summed E-state index contributed by atoms with van der Waals surface area (Å²) in [5, 5.41) is 18.8. The van der Waals surface area contributed by atoms with Crippen LogP contribution in [0, 0.1) is 0 Å². The highest BCUT2D eigenvalue weighted by Crippen LogP contribution is 2.32. The molecule has 2 rings (SSSR count). The smallest absolute Gasteiger partial charge is 0.246 e. The van der Waals surface area contributed by atoms with Gasteiger partial charge in [0.2, 0.25) is 5.91 Å². The molecule has 1 aromatic rings. The molecule has 3 N–H and O–H groups in total. The van der Waals surface area contributed by atoms with Crippen LogP contribution >= 0.6 is 11.3 Å². The zero-order chi connectivity index (χ0) is 13.9. The van der Waals surface area contributed by atoms with Crippen molar-refractivity contribution in [3.63, 3.8) is 0 Å². The average molecular weight is 284 g/mol. The number of piperidine rings is 1. The van der Waals surface area contributed by atoms with Gasteiger partial charge in [0.05, 0.1) is 17.7 Å². The van der Waals surface area contributed by atoms with Gasteiger partial charge in [-0.2, -0.15) is 0 Å². The molecule has 1 aromatic heterocycles. The highest BCUT2D eigenvalue weighted by Gasteiger charge is 2.42. The third-order valence-electron chi connectivity index (χ3n) is 3.44. The highest BCUT2D eigenvalue weighted by molar-refractivity contribution is 7.10. The molecule has 0 aliphatic carbocycles. The predicted octanol–water partition coefficient (Wildman–Crippen LogP) is 0.665. The molecular formula is C13H20N2O3S. The minimum absolute atomic E-state index is 0.00371. The van der Waals surface area contributed by atoms with E-state index < -0.39 is 5.60 Å². The first-order chi connectivity index (χ1) is 9.04. The summed E-state index contributed by atoms with van der Waals surface area (Å²) in [6.45, 7) is 2.50. The number of thiophene rings is 1. The van der Waals surface area contributed by atoms with Crippen LogP contribution in [0.2, 0.25) is 0 Å². The zero-order valence-electron chi connectivity index (χ0n) is 11.2. The second-order valence-electron chi connectivity index (χ2n) is 5.03. The Morgan fingerprint density at radius 3 is 3.16 bits per heavy atom. The van der Waals surface area contributed by atoms with Gasteiger partial charge in [0.15, 0.2) is 0 Å². The minimum Gasteiger partial charge on any atom is -0.388 e. The molecule has 1 aliphatic heterocycles. The lowest BCUT2D eigenvalue weighted by Crippen LogP contribution is -2.61. The summed E-state index contributed by atoms with van der Waals surface area (Å²) in [6, 6.07) is 3.56. The highest BCUT2D eigenvalue weighted by atomic mass is 32.1.